The maximum absolute atomic E-state index is 12.3. The van der Waals surface area contributed by atoms with Gasteiger partial charge in [0.05, 0.1) is 9.85 Å². The zero-order chi connectivity index (χ0) is 34.5. The molecule has 0 N–H and O–H groups in total. The van der Waals surface area contributed by atoms with Crippen molar-refractivity contribution >= 4 is 57.4 Å². The van der Waals surface area contributed by atoms with Crippen molar-refractivity contribution in [3.63, 3.8) is 0 Å². The van der Waals surface area contributed by atoms with Crippen LogP contribution in [0.4, 0.5) is 22.7 Å². The Morgan fingerprint density at radius 2 is 0.735 bits per heavy atom. The SMILES string of the molecule is O=C1C(=O)c2ccccc2C([O-])=C1N=Nc1ccccc1[N+](=O)[O-].O=C1C(=O)c2ccccc2C([O-])=C1N=Nc1ccccc1[N+](=O)[O-].[Cu+2]. The summed E-state index contributed by atoms with van der Waals surface area (Å²) in [7, 11) is 0. The van der Waals surface area contributed by atoms with Gasteiger partial charge in [-0.15, -0.1) is 20.5 Å². The minimum absolute atomic E-state index is 0. The van der Waals surface area contributed by atoms with Gasteiger partial charge in [0.1, 0.15) is 11.4 Å². The van der Waals surface area contributed by atoms with Gasteiger partial charge >= 0.3 is 17.1 Å². The van der Waals surface area contributed by atoms with E-state index in [-0.39, 0.29) is 62.1 Å². The molecule has 1 radical (unpaired) electrons. The smallest absolute Gasteiger partial charge is 0.870 e. The average molecular weight is 708 g/mol. The predicted octanol–water partition coefficient (Wildman–Crippen LogP) is 4.34. The molecule has 0 aromatic heterocycles. The zero-order valence-corrected chi connectivity index (χ0v) is 25.2. The molecule has 4 aromatic rings. The number of azo groups is 2. The molecule has 2 aliphatic rings. The summed E-state index contributed by atoms with van der Waals surface area (Å²) in [6.07, 6.45) is 0. The molecule has 0 saturated heterocycles. The van der Waals surface area contributed by atoms with Crippen molar-refractivity contribution in [1.29, 1.82) is 0 Å². The van der Waals surface area contributed by atoms with Gasteiger partial charge in [-0.25, -0.2) is 0 Å². The van der Waals surface area contributed by atoms with Crippen molar-refractivity contribution in [3.8, 4) is 0 Å². The van der Waals surface area contributed by atoms with E-state index >= 15 is 0 Å². The molecule has 0 amide bonds. The first-order valence-corrected chi connectivity index (χ1v) is 13.5. The topological polar surface area (TPSA) is 250 Å². The van der Waals surface area contributed by atoms with E-state index in [1.54, 1.807) is 12.1 Å². The summed E-state index contributed by atoms with van der Waals surface area (Å²) >= 11 is 0. The number of allylic oxidation sites excluding steroid dienone is 2. The number of nitro benzene ring substituents is 2. The van der Waals surface area contributed by atoms with Crippen LogP contribution in [0, 0.1) is 20.2 Å². The van der Waals surface area contributed by atoms with Crippen LogP contribution in [0.1, 0.15) is 31.8 Å². The van der Waals surface area contributed by atoms with Gasteiger partial charge in [0, 0.05) is 23.3 Å². The van der Waals surface area contributed by atoms with Crippen LogP contribution in [0.25, 0.3) is 11.5 Å². The molecular weight excluding hydrogens is 692 g/mol. The Labute approximate surface area is 284 Å². The number of carbonyl (C=O) groups excluding carboxylic acids is 4. The van der Waals surface area contributed by atoms with E-state index in [1.165, 1.54) is 84.9 Å². The van der Waals surface area contributed by atoms with Crippen molar-refractivity contribution in [2.24, 2.45) is 20.5 Å². The standard InChI is InChI=1S/2C16H9N3O5.Cu/c2*20-14-9-5-1-2-6-10(9)15(21)16(22)13(14)18-17-11-7-3-4-8-12(11)19(23)24;/h2*1-8,20H;/q;;+2/p-2. The first kappa shape index (κ1) is 35.0. The van der Waals surface area contributed by atoms with Gasteiger partial charge in [-0.1, -0.05) is 84.3 Å². The Morgan fingerprint density at radius 3 is 1.08 bits per heavy atom. The van der Waals surface area contributed by atoms with Gasteiger partial charge in [-0.3, -0.25) is 39.4 Å². The molecule has 0 bridgehead atoms. The molecule has 6 rings (SSSR count). The van der Waals surface area contributed by atoms with Crippen LogP contribution < -0.4 is 10.2 Å². The van der Waals surface area contributed by atoms with Crippen molar-refractivity contribution in [1.82, 2.24) is 0 Å². The maximum atomic E-state index is 12.3. The number of Topliss-reactive ketones (excluding diaryl/α,β-unsaturated/α-hetero) is 4. The fourth-order valence-corrected chi connectivity index (χ4v) is 4.47. The molecule has 0 unspecified atom stereocenters. The summed E-state index contributed by atoms with van der Waals surface area (Å²) in [5, 5.41) is 60.8. The summed E-state index contributed by atoms with van der Waals surface area (Å²) in [5.74, 6) is -5.36. The largest absolute Gasteiger partial charge is 2.00 e. The second kappa shape index (κ2) is 14.7. The average Bonchev–Trinajstić information content (AvgIpc) is 3.10. The molecule has 0 aliphatic heterocycles. The third-order valence-electron chi connectivity index (χ3n) is 6.78. The molecule has 2 aliphatic carbocycles. The molecule has 4 aromatic carbocycles. The maximum Gasteiger partial charge on any atom is 2.00 e. The van der Waals surface area contributed by atoms with Gasteiger partial charge in [-0.05, 0) is 23.3 Å². The van der Waals surface area contributed by atoms with Crippen LogP contribution in [0.5, 0.6) is 0 Å². The number of ketones is 4. The molecule has 0 spiro atoms. The quantitative estimate of drug-likeness (QED) is 0.0900. The van der Waals surface area contributed by atoms with Gasteiger partial charge in [0.25, 0.3) is 22.9 Å². The molecule has 0 saturated carbocycles. The Kier molecular flexibility index (Phi) is 10.5. The number of hydrogen-bond donors (Lipinski definition) is 0. The normalized spacial score (nSPS) is 13.9. The Balaban J connectivity index is 0.000000216. The van der Waals surface area contributed by atoms with Gasteiger partial charge in [0.15, 0.2) is 11.4 Å². The molecular formula is C32H16CuN6O10. The minimum Gasteiger partial charge on any atom is -0.870 e. The van der Waals surface area contributed by atoms with Crippen molar-refractivity contribution in [2.75, 3.05) is 0 Å². The van der Waals surface area contributed by atoms with E-state index in [1.807, 2.05) is 0 Å². The third kappa shape index (κ3) is 6.97. The fourth-order valence-electron chi connectivity index (χ4n) is 4.47. The minimum atomic E-state index is -1.08. The molecule has 0 atom stereocenters. The van der Waals surface area contributed by atoms with Crippen LogP contribution in [0.15, 0.2) is 129 Å². The second-order valence-electron chi connectivity index (χ2n) is 9.65. The van der Waals surface area contributed by atoms with E-state index in [9.17, 15) is 49.6 Å². The summed E-state index contributed by atoms with van der Waals surface area (Å²) in [4.78, 5) is 68.7. The summed E-state index contributed by atoms with van der Waals surface area (Å²) in [6, 6.07) is 22.7. The molecule has 245 valence electrons. The van der Waals surface area contributed by atoms with E-state index in [0.717, 1.165) is 0 Å². The van der Waals surface area contributed by atoms with Crippen molar-refractivity contribution < 1.29 is 56.3 Å². The number of para-hydroxylation sites is 2. The molecule has 17 heteroatoms. The molecule has 16 nitrogen and oxygen atoms in total. The Morgan fingerprint density at radius 1 is 0.429 bits per heavy atom. The van der Waals surface area contributed by atoms with E-state index < -0.39 is 55.9 Å². The van der Waals surface area contributed by atoms with Crippen LogP contribution in [-0.4, -0.2) is 33.0 Å². The monoisotopic (exact) mass is 707 g/mol. The summed E-state index contributed by atoms with van der Waals surface area (Å²) < 4.78 is 0. The summed E-state index contributed by atoms with van der Waals surface area (Å²) in [6.45, 7) is 0. The van der Waals surface area contributed by atoms with Gasteiger partial charge < -0.3 is 10.2 Å². The molecule has 0 fully saturated rings. The predicted molar refractivity (Wildman–Crippen MR) is 161 cm³/mol. The van der Waals surface area contributed by atoms with Crippen molar-refractivity contribution in [3.05, 3.63) is 151 Å². The van der Waals surface area contributed by atoms with Crippen LogP contribution in [0.3, 0.4) is 0 Å². The number of nitro groups is 2. The Bertz CT molecular complexity index is 2050. The van der Waals surface area contributed by atoms with Crippen LogP contribution >= 0.6 is 0 Å². The first-order valence-electron chi connectivity index (χ1n) is 13.5. The van der Waals surface area contributed by atoms with Gasteiger partial charge in [0.2, 0.25) is 11.6 Å². The van der Waals surface area contributed by atoms with Crippen molar-refractivity contribution in [2.45, 2.75) is 0 Å². The third-order valence-corrected chi connectivity index (χ3v) is 6.78. The van der Waals surface area contributed by atoms with Gasteiger partial charge in [-0.2, -0.15) is 0 Å². The number of fused-ring (bicyclic) bond motifs is 2. The van der Waals surface area contributed by atoms with E-state index in [0.29, 0.717) is 0 Å². The zero-order valence-electron chi connectivity index (χ0n) is 24.3. The number of rotatable bonds is 6. The first-order chi connectivity index (χ1) is 23.0. The number of benzene rings is 4. The van der Waals surface area contributed by atoms with Crippen LogP contribution in [-0.2, 0) is 26.7 Å². The van der Waals surface area contributed by atoms with E-state index in [2.05, 4.69) is 20.5 Å². The number of carbonyl (C=O) groups is 4. The molecule has 0 heterocycles. The summed E-state index contributed by atoms with van der Waals surface area (Å²) in [5.41, 5.74) is -2.09. The Hall–Kier alpha value is -6.84. The van der Waals surface area contributed by atoms with E-state index in [4.69, 9.17) is 0 Å². The number of nitrogens with zero attached hydrogens (tertiary/aromatic N) is 6. The molecule has 49 heavy (non-hydrogen) atoms. The van der Waals surface area contributed by atoms with Crippen LogP contribution in [0.2, 0.25) is 0 Å². The number of hydrogen-bond acceptors (Lipinski definition) is 14. The fraction of sp³-hybridized carbons (Fsp3) is 0. The second-order valence-corrected chi connectivity index (χ2v) is 9.65.